The second-order valence-electron chi connectivity index (χ2n) is 5.88. The molecule has 5 nitrogen and oxygen atoms in total. The Bertz CT molecular complexity index is 694. The summed E-state index contributed by atoms with van der Waals surface area (Å²) >= 11 is 0. The van der Waals surface area contributed by atoms with Crippen molar-refractivity contribution < 1.29 is 27.1 Å². The van der Waals surface area contributed by atoms with E-state index in [0.717, 1.165) is 6.07 Å². The third-order valence-corrected chi connectivity index (χ3v) is 3.87. The minimum Gasteiger partial charge on any atom is -0.494 e. The summed E-state index contributed by atoms with van der Waals surface area (Å²) in [5.41, 5.74) is 10.7. The molecular formula is C20H29F4N3O2. The minimum absolute atomic E-state index is 0.0694. The molecule has 9 heteroatoms. The minimum atomic E-state index is -2.74. The molecule has 29 heavy (non-hydrogen) atoms. The molecule has 1 fully saturated rings. The number of ether oxygens (including phenoxy) is 1. The third-order valence-electron chi connectivity index (χ3n) is 3.87. The van der Waals surface area contributed by atoms with E-state index in [0.29, 0.717) is 18.5 Å². The lowest BCUT2D eigenvalue weighted by Gasteiger charge is -2.28. The van der Waals surface area contributed by atoms with Crippen molar-refractivity contribution in [1.82, 2.24) is 5.32 Å². The zero-order valence-corrected chi connectivity index (χ0v) is 16.9. The molecular weight excluding hydrogens is 390 g/mol. The Labute approximate surface area is 168 Å². The van der Waals surface area contributed by atoms with Gasteiger partial charge in [-0.2, -0.15) is 4.39 Å². The van der Waals surface area contributed by atoms with Crippen molar-refractivity contribution >= 4 is 5.91 Å². The molecule has 0 unspecified atom stereocenters. The molecule has 0 bridgehead atoms. The molecule has 0 aromatic heterocycles. The number of carbonyl (C=O) groups is 1. The fraction of sp³-hybridized carbons (Fsp3) is 0.450. The second kappa shape index (κ2) is 13.5. The number of nitrogens with two attached hydrogens (primary N) is 2. The maximum absolute atomic E-state index is 13.1. The molecule has 1 atom stereocenters. The summed E-state index contributed by atoms with van der Waals surface area (Å²) in [6.45, 7) is 4.00. The van der Waals surface area contributed by atoms with E-state index in [9.17, 15) is 22.4 Å². The number of hydrogen-bond donors (Lipinski definition) is 3. The number of alkyl halides is 2. The van der Waals surface area contributed by atoms with Gasteiger partial charge in [0, 0.05) is 25.0 Å². The first-order chi connectivity index (χ1) is 13.7. The van der Waals surface area contributed by atoms with Crippen molar-refractivity contribution in [3.63, 3.8) is 0 Å². The molecule has 0 aliphatic heterocycles. The molecule has 1 aromatic carbocycles. The van der Waals surface area contributed by atoms with E-state index in [4.69, 9.17) is 11.5 Å². The van der Waals surface area contributed by atoms with Crippen molar-refractivity contribution in [1.29, 1.82) is 0 Å². The van der Waals surface area contributed by atoms with Gasteiger partial charge < -0.3 is 21.5 Å². The first kappa shape index (κ1) is 26.3. The van der Waals surface area contributed by atoms with Crippen LogP contribution in [0.2, 0.25) is 0 Å². The Morgan fingerprint density at radius 3 is 2.41 bits per heavy atom. The number of hydrogen-bond acceptors (Lipinski definition) is 4. The first-order valence-corrected chi connectivity index (χ1v) is 9.21. The summed E-state index contributed by atoms with van der Waals surface area (Å²) in [4.78, 5) is 11.7. The van der Waals surface area contributed by atoms with E-state index >= 15 is 0 Å². The van der Waals surface area contributed by atoms with Crippen molar-refractivity contribution in [2.24, 2.45) is 17.4 Å². The molecule has 164 valence electrons. The maximum atomic E-state index is 13.1. The Balaban J connectivity index is 0.000000554. The molecule has 0 saturated heterocycles. The molecule has 1 amide bonds. The van der Waals surface area contributed by atoms with Gasteiger partial charge in [0.2, 0.25) is 17.6 Å². The number of halogens is 4. The number of methoxy groups -OCH3 is 1. The smallest absolute Gasteiger partial charge is 0.248 e. The van der Waals surface area contributed by atoms with Crippen molar-refractivity contribution in [2.45, 2.75) is 45.5 Å². The van der Waals surface area contributed by atoms with E-state index in [-0.39, 0.29) is 12.2 Å². The van der Waals surface area contributed by atoms with Gasteiger partial charge in [-0.1, -0.05) is 19.9 Å². The number of benzene rings is 1. The number of amides is 1. The summed E-state index contributed by atoms with van der Waals surface area (Å²) in [6.07, 6.45) is 4.09. The summed E-state index contributed by atoms with van der Waals surface area (Å²) in [7, 11) is 1.29. The van der Waals surface area contributed by atoms with E-state index in [2.05, 4.69) is 10.1 Å². The van der Waals surface area contributed by atoms with Gasteiger partial charge in [0.15, 0.2) is 11.6 Å². The quantitative estimate of drug-likeness (QED) is 0.504. The Morgan fingerprint density at radius 1 is 1.28 bits per heavy atom. The highest BCUT2D eigenvalue weighted by molar-refractivity contribution is 5.81. The zero-order valence-electron chi connectivity index (χ0n) is 16.9. The molecule has 1 aliphatic carbocycles. The van der Waals surface area contributed by atoms with Crippen LogP contribution in [-0.2, 0) is 4.79 Å². The highest BCUT2D eigenvalue weighted by Gasteiger charge is 2.39. The summed E-state index contributed by atoms with van der Waals surface area (Å²) in [6, 6.07) is 3.79. The van der Waals surface area contributed by atoms with E-state index in [1.807, 2.05) is 13.8 Å². The van der Waals surface area contributed by atoms with Gasteiger partial charge in [0.05, 0.1) is 12.8 Å². The standard InChI is InChI=1S/C11H17F2N3O.C7H6F2O.C2H6/c12-11(13)4-1-2-8(6-11)10(17)16-9(7-15)3-5-14;1-10-6-4-2-3-5(8)7(6)9;1-2/h3,5,7-8H,1-2,4,6,14-15H2,(H,16,17);2-4H,1H3;1-2H3/b5-3-,9-7+;;/t8-;;/m0../s1. The fourth-order valence-corrected chi connectivity index (χ4v) is 2.52. The van der Waals surface area contributed by atoms with Crippen LogP contribution in [0.5, 0.6) is 5.75 Å². The number of rotatable bonds is 4. The monoisotopic (exact) mass is 419 g/mol. The predicted molar refractivity (Wildman–Crippen MR) is 105 cm³/mol. The van der Waals surface area contributed by atoms with E-state index in [1.54, 1.807) is 0 Å². The van der Waals surface area contributed by atoms with Crippen LogP contribution in [0.1, 0.15) is 39.5 Å². The van der Waals surface area contributed by atoms with Crippen LogP contribution in [0.4, 0.5) is 17.6 Å². The highest BCUT2D eigenvalue weighted by Crippen LogP contribution is 2.36. The van der Waals surface area contributed by atoms with Crippen LogP contribution < -0.4 is 21.5 Å². The molecule has 5 N–H and O–H groups in total. The Morgan fingerprint density at radius 2 is 1.93 bits per heavy atom. The SMILES string of the molecule is CC.COc1cccc(F)c1F.N/C=C\C(=C/N)NC(=O)[C@H]1CCCC(F)(F)C1. The summed E-state index contributed by atoms with van der Waals surface area (Å²) < 4.78 is 55.6. The van der Waals surface area contributed by atoms with Crippen LogP contribution >= 0.6 is 0 Å². The van der Waals surface area contributed by atoms with Gasteiger partial charge in [-0.05, 0) is 37.3 Å². The molecule has 1 saturated carbocycles. The topological polar surface area (TPSA) is 90.4 Å². The van der Waals surface area contributed by atoms with E-state index in [1.165, 1.54) is 37.7 Å². The van der Waals surface area contributed by atoms with Crippen LogP contribution in [0.3, 0.4) is 0 Å². The molecule has 0 spiro atoms. The zero-order chi connectivity index (χ0) is 22.4. The van der Waals surface area contributed by atoms with Crippen LogP contribution in [0.25, 0.3) is 0 Å². The molecule has 0 radical (unpaired) electrons. The van der Waals surface area contributed by atoms with Gasteiger partial charge in [0.25, 0.3) is 0 Å². The van der Waals surface area contributed by atoms with Gasteiger partial charge >= 0.3 is 0 Å². The fourth-order valence-electron chi connectivity index (χ4n) is 2.52. The van der Waals surface area contributed by atoms with Crippen molar-refractivity contribution in [3.8, 4) is 5.75 Å². The number of allylic oxidation sites excluding steroid dienone is 1. The van der Waals surface area contributed by atoms with Crippen LogP contribution in [0, 0.1) is 17.6 Å². The second-order valence-corrected chi connectivity index (χ2v) is 5.88. The van der Waals surface area contributed by atoms with E-state index < -0.39 is 35.8 Å². The van der Waals surface area contributed by atoms with Crippen LogP contribution in [0.15, 0.2) is 42.4 Å². The molecule has 0 heterocycles. The van der Waals surface area contributed by atoms with Gasteiger partial charge in [-0.3, -0.25) is 4.79 Å². The largest absolute Gasteiger partial charge is 0.494 e. The maximum Gasteiger partial charge on any atom is 0.248 e. The predicted octanol–water partition coefficient (Wildman–Crippen LogP) is 4.20. The van der Waals surface area contributed by atoms with Gasteiger partial charge in [-0.15, -0.1) is 0 Å². The van der Waals surface area contributed by atoms with Crippen molar-refractivity contribution in [3.05, 3.63) is 54.0 Å². The lowest BCUT2D eigenvalue weighted by Crippen LogP contribution is -2.37. The number of nitrogens with one attached hydrogen (secondary N) is 1. The first-order valence-electron chi connectivity index (χ1n) is 9.21. The average molecular weight is 419 g/mol. The highest BCUT2D eigenvalue weighted by atomic mass is 19.3. The van der Waals surface area contributed by atoms with Gasteiger partial charge in [0.1, 0.15) is 0 Å². The Hall–Kier alpha value is -2.71. The Kier molecular flexibility index (Phi) is 12.2. The molecule has 1 aliphatic rings. The van der Waals surface area contributed by atoms with Gasteiger partial charge in [-0.25, -0.2) is 13.2 Å². The summed E-state index contributed by atoms with van der Waals surface area (Å²) in [5, 5.41) is 2.47. The molecule has 1 aromatic rings. The third kappa shape index (κ3) is 9.36. The lowest BCUT2D eigenvalue weighted by atomic mass is 9.86. The normalized spacial score (nSPS) is 18.0. The molecule has 2 rings (SSSR count). The summed E-state index contributed by atoms with van der Waals surface area (Å²) in [5.74, 6) is -5.74. The average Bonchev–Trinajstić information content (AvgIpc) is 2.71. The van der Waals surface area contributed by atoms with Crippen LogP contribution in [-0.4, -0.2) is 18.9 Å². The van der Waals surface area contributed by atoms with Crippen molar-refractivity contribution in [2.75, 3.05) is 7.11 Å². The number of carbonyl (C=O) groups excluding carboxylic acids is 1. The lowest BCUT2D eigenvalue weighted by molar-refractivity contribution is -0.131.